The second-order valence-electron chi connectivity index (χ2n) is 6.73. The fraction of sp³-hybridized carbons (Fsp3) is 0.286. The minimum atomic E-state index is -0.308. The van der Waals surface area contributed by atoms with E-state index in [1.165, 1.54) is 14.0 Å². The maximum absolute atomic E-state index is 12.6. The maximum atomic E-state index is 12.6. The molecule has 0 unspecified atom stereocenters. The predicted molar refractivity (Wildman–Crippen MR) is 109 cm³/mol. The van der Waals surface area contributed by atoms with Crippen LogP contribution in [0.25, 0.3) is 11.0 Å². The molecule has 0 aliphatic carbocycles. The summed E-state index contributed by atoms with van der Waals surface area (Å²) >= 11 is 0. The van der Waals surface area contributed by atoms with Gasteiger partial charge in [0.05, 0.1) is 17.6 Å². The van der Waals surface area contributed by atoms with Gasteiger partial charge in [0, 0.05) is 19.8 Å². The van der Waals surface area contributed by atoms with E-state index in [0.29, 0.717) is 5.52 Å². The third-order valence-electron chi connectivity index (χ3n) is 4.82. The van der Waals surface area contributed by atoms with Crippen molar-refractivity contribution in [1.82, 2.24) is 14.0 Å². The van der Waals surface area contributed by atoms with Crippen LogP contribution in [0, 0.1) is 0 Å². The Hall–Kier alpha value is -3.35. The number of amides is 2. The molecule has 0 radical (unpaired) electrons. The van der Waals surface area contributed by atoms with Gasteiger partial charge in [0.1, 0.15) is 6.54 Å². The molecule has 0 spiro atoms. The van der Waals surface area contributed by atoms with E-state index in [-0.39, 0.29) is 30.6 Å². The first-order valence-electron chi connectivity index (χ1n) is 9.18. The molecule has 0 fully saturated rings. The summed E-state index contributed by atoms with van der Waals surface area (Å²) in [5.41, 5.74) is 2.98. The van der Waals surface area contributed by atoms with Crippen molar-refractivity contribution in [2.75, 3.05) is 18.9 Å². The Morgan fingerprint density at radius 1 is 1.04 bits per heavy atom. The van der Waals surface area contributed by atoms with Crippen molar-refractivity contribution < 1.29 is 9.59 Å². The van der Waals surface area contributed by atoms with E-state index in [4.69, 9.17) is 0 Å². The lowest BCUT2D eigenvalue weighted by Gasteiger charge is -2.18. The average molecular weight is 380 g/mol. The van der Waals surface area contributed by atoms with E-state index in [1.807, 2.05) is 49.4 Å². The molecule has 0 aliphatic heterocycles. The van der Waals surface area contributed by atoms with Gasteiger partial charge in [-0.15, -0.1) is 0 Å². The molecule has 3 rings (SSSR count). The Bertz CT molecular complexity index is 1080. The number of fused-ring (bicyclic) bond motifs is 1. The summed E-state index contributed by atoms with van der Waals surface area (Å²) in [7, 11) is 3.23. The fourth-order valence-electron chi connectivity index (χ4n) is 3.22. The van der Waals surface area contributed by atoms with Crippen LogP contribution in [0.15, 0.2) is 53.3 Å². The van der Waals surface area contributed by atoms with Crippen LogP contribution in [0.5, 0.6) is 0 Å². The zero-order chi connectivity index (χ0) is 20.3. The lowest BCUT2D eigenvalue weighted by molar-refractivity contribution is -0.133. The van der Waals surface area contributed by atoms with E-state index in [1.54, 1.807) is 20.2 Å². The van der Waals surface area contributed by atoms with Crippen LogP contribution in [-0.4, -0.2) is 39.4 Å². The number of benzene rings is 2. The quantitative estimate of drug-likeness (QED) is 0.711. The number of carbonyl (C=O) groups is 2. The van der Waals surface area contributed by atoms with Crippen molar-refractivity contribution in [3.05, 3.63) is 64.6 Å². The molecular formula is C21H24N4O3. The highest BCUT2D eigenvalue weighted by Crippen LogP contribution is 2.15. The Balaban J connectivity index is 1.69. The molecular weight excluding hydrogens is 356 g/mol. The third kappa shape index (κ3) is 3.83. The summed E-state index contributed by atoms with van der Waals surface area (Å²) in [6.07, 6.45) is 0.801. The van der Waals surface area contributed by atoms with Crippen LogP contribution in [0.1, 0.15) is 12.5 Å². The summed E-state index contributed by atoms with van der Waals surface area (Å²) in [6, 6.07) is 14.9. The van der Waals surface area contributed by atoms with E-state index in [0.717, 1.165) is 23.2 Å². The molecule has 1 heterocycles. The first kappa shape index (κ1) is 19.4. The highest BCUT2D eigenvalue weighted by molar-refractivity contribution is 5.95. The van der Waals surface area contributed by atoms with Crippen molar-refractivity contribution in [1.29, 1.82) is 0 Å². The topological polar surface area (TPSA) is 76.3 Å². The molecule has 0 saturated heterocycles. The maximum Gasteiger partial charge on any atom is 0.329 e. The van der Waals surface area contributed by atoms with Crippen molar-refractivity contribution in [3.8, 4) is 0 Å². The van der Waals surface area contributed by atoms with E-state index >= 15 is 0 Å². The zero-order valence-electron chi connectivity index (χ0n) is 16.3. The number of imidazole rings is 1. The van der Waals surface area contributed by atoms with Crippen molar-refractivity contribution >= 4 is 28.5 Å². The molecule has 0 atom stereocenters. The number of aryl methyl sites for hydroxylation is 2. The lowest BCUT2D eigenvalue weighted by Crippen LogP contribution is -2.38. The standard InChI is InChI=1S/C21H24N4O3/c1-4-15-9-5-6-10-16(15)22-19(26)13-23(2)20(27)14-25-18-12-8-7-11-17(18)24(3)21(25)28/h5-12H,4,13-14H2,1-3H3,(H,22,26). The number of aromatic nitrogens is 2. The molecule has 0 saturated carbocycles. The molecule has 1 N–H and O–H groups in total. The Morgan fingerprint density at radius 2 is 1.68 bits per heavy atom. The van der Waals surface area contributed by atoms with Crippen molar-refractivity contribution in [2.24, 2.45) is 7.05 Å². The number of nitrogens with zero attached hydrogens (tertiary/aromatic N) is 3. The number of para-hydroxylation sites is 3. The first-order valence-corrected chi connectivity index (χ1v) is 9.18. The van der Waals surface area contributed by atoms with Crippen LogP contribution in [-0.2, 0) is 29.6 Å². The number of nitrogens with one attached hydrogen (secondary N) is 1. The monoisotopic (exact) mass is 380 g/mol. The highest BCUT2D eigenvalue weighted by atomic mass is 16.2. The summed E-state index contributed by atoms with van der Waals surface area (Å²) < 4.78 is 2.94. The number of carbonyl (C=O) groups excluding carboxylic acids is 2. The molecule has 146 valence electrons. The van der Waals surface area contributed by atoms with Crippen molar-refractivity contribution in [3.63, 3.8) is 0 Å². The van der Waals surface area contributed by atoms with Crippen LogP contribution >= 0.6 is 0 Å². The minimum absolute atomic E-state index is 0.0869. The van der Waals surface area contributed by atoms with Gasteiger partial charge >= 0.3 is 5.69 Å². The molecule has 7 nitrogen and oxygen atoms in total. The summed E-state index contributed by atoms with van der Waals surface area (Å²) in [4.78, 5) is 38.7. The van der Waals surface area contributed by atoms with Gasteiger partial charge in [-0.2, -0.15) is 0 Å². The third-order valence-corrected chi connectivity index (χ3v) is 4.82. The largest absolute Gasteiger partial charge is 0.335 e. The predicted octanol–water partition coefficient (Wildman–Crippen LogP) is 2.00. The fourth-order valence-corrected chi connectivity index (χ4v) is 3.22. The zero-order valence-corrected chi connectivity index (χ0v) is 16.3. The summed E-state index contributed by atoms with van der Waals surface area (Å²) in [5, 5.41) is 2.85. The Morgan fingerprint density at radius 3 is 2.39 bits per heavy atom. The molecule has 0 aliphatic rings. The molecule has 2 aromatic carbocycles. The molecule has 7 heteroatoms. The molecule has 28 heavy (non-hydrogen) atoms. The number of rotatable bonds is 6. The SMILES string of the molecule is CCc1ccccc1NC(=O)CN(C)C(=O)Cn1c(=O)n(C)c2ccccc21. The Kier molecular flexibility index (Phi) is 5.63. The van der Waals surface area contributed by atoms with Crippen LogP contribution in [0.3, 0.4) is 0 Å². The van der Waals surface area contributed by atoms with Crippen LogP contribution in [0.2, 0.25) is 0 Å². The number of likely N-dealkylation sites (N-methyl/N-ethyl adjacent to an activating group) is 1. The van der Waals surface area contributed by atoms with Crippen LogP contribution < -0.4 is 11.0 Å². The van der Waals surface area contributed by atoms with Gasteiger partial charge in [-0.1, -0.05) is 37.3 Å². The number of anilines is 1. The summed E-state index contributed by atoms with van der Waals surface area (Å²) in [5.74, 6) is -0.584. The Labute approximate surface area is 163 Å². The second kappa shape index (κ2) is 8.12. The van der Waals surface area contributed by atoms with Gasteiger partial charge in [0.25, 0.3) is 0 Å². The van der Waals surface area contributed by atoms with Crippen LogP contribution in [0.4, 0.5) is 5.69 Å². The number of hydrogen-bond acceptors (Lipinski definition) is 3. The van der Waals surface area contributed by atoms with E-state index in [2.05, 4.69) is 5.32 Å². The van der Waals surface area contributed by atoms with Gasteiger partial charge < -0.3 is 10.2 Å². The van der Waals surface area contributed by atoms with Gasteiger partial charge in [-0.05, 0) is 30.2 Å². The van der Waals surface area contributed by atoms with E-state index < -0.39 is 0 Å². The average Bonchev–Trinajstić information content (AvgIpc) is 2.93. The first-order chi connectivity index (χ1) is 13.4. The van der Waals surface area contributed by atoms with Gasteiger partial charge in [0.2, 0.25) is 11.8 Å². The van der Waals surface area contributed by atoms with E-state index in [9.17, 15) is 14.4 Å². The molecule has 2 amide bonds. The number of hydrogen-bond donors (Lipinski definition) is 1. The molecule has 3 aromatic rings. The lowest BCUT2D eigenvalue weighted by atomic mass is 10.1. The summed E-state index contributed by atoms with van der Waals surface area (Å²) in [6.45, 7) is 1.81. The second-order valence-corrected chi connectivity index (χ2v) is 6.73. The van der Waals surface area contributed by atoms with Gasteiger partial charge in [0.15, 0.2) is 0 Å². The normalized spacial score (nSPS) is 10.8. The highest BCUT2D eigenvalue weighted by Gasteiger charge is 2.18. The molecule has 0 bridgehead atoms. The van der Waals surface area contributed by atoms with Crippen molar-refractivity contribution in [2.45, 2.75) is 19.9 Å². The molecule has 1 aromatic heterocycles. The van der Waals surface area contributed by atoms with Gasteiger partial charge in [-0.3, -0.25) is 18.7 Å². The minimum Gasteiger partial charge on any atom is -0.335 e. The van der Waals surface area contributed by atoms with Gasteiger partial charge in [-0.25, -0.2) is 4.79 Å². The smallest absolute Gasteiger partial charge is 0.329 e.